The Bertz CT molecular complexity index is 182. The van der Waals surface area contributed by atoms with Crippen LogP contribution in [0.2, 0.25) is 0 Å². The lowest BCUT2D eigenvalue weighted by Gasteiger charge is -2.14. The van der Waals surface area contributed by atoms with E-state index in [0.717, 1.165) is 35.5 Å². The highest BCUT2D eigenvalue weighted by Gasteiger charge is 2.54. The predicted octanol–water partition coefficient (Wildman–Crippen LogP) is 3.96. The summed E-state index contributed by atoms with van der Waals surface area (Å²) in [5, 5.41) is 0. The smallest absolute Gasteiger partial charge is 0.0349 e. The second-order valence-electron chi connectivity index (χ2n) is 5.73. The Kier molecular flexibility index (Phi) is 2.42. The van der Waals surface area contributed by atoms with Crippen LogP contribution in [0.3, 0.4) is 0 Å². The molecule has 2 aliphatic carbocycles. The zero-order valence-electron chi connectivity index (χ0n) is 9.59. The molecule has 2 saturated carbocycles. The molecule has 0 aliphatic heterocycles. The summed E-state index contributed by atoms with van der Waals surface area (Å²) in [5.74, 6) is 6.38. The highest BCUT2D eigenvalue weighted by atomic mass is 14.6. The summed E-state index contributed by atoms with van der Waals surface area (Å²) in [6, 6.07) is 0. The van der Waals surface area contributed by atoms with Gasteiger partial charge in [-0.2, -0.15) is 0 Å². The first-order valence-corrected chi connectivity index (χ1v) is 6.15. The molecule has 2 fully saturated rings. The predicted molar refractivity (Wildman–Crippen MR) is 57.5 cm³/mol. The van der Waals surface area contributed by atoms with E-state index in [0.29, 0.717) is 0 Å². The molecular weight excluding hydrogens is 156 g/mol. The van der Waals surface area contributed by atoms with Gasteiger partial charge in [-0.3, -0.25) is 0 Å². The Hall–Kier alpha value is 0. The van der Waals surface area contributed by atoms with E-state index in [1.807, 2.05) is 0 Å². The van der Waals surface area contributed by atoms with Crippen molar-refractivity contribution in [3.05, 3.63) is 0 Å². The number of rotatable bonds is 4. The van der Waals surface area contributed by atoms with Gasteiger partial charge in [0, 0.05) is 0 Å². The van der Waals surface area contributed by atoms with Crippen LogP contribution in [-0.2, 0) is 0 Å². The fourth-order valence-electron chi connectivity index (χ4n) is 3.09. The van der Waals surface area contributed by atoms with Crippen molar-refractivity contribution in [2.45, 2.75) is 47.0 Å². The van der Waals surface area contributed by atoms with Crippen molar-refractivity contribution in [2.75, 3.05) is 0 Å². The van der Waals surface area contributed by atoms with E-state index < -0.39 is 0 Å². The van der Waals surface area contributed by atoms with Crippen LogP contribution in [0.5, 0.6) is 0 Å². The molecule has 0 nitrogen and oxygen atoms in total. The maximum Gasteiger partial charge on any atom is -0.0349 e. The van der Waals surface area contributed by atoms with E-state index in [4.69, 9.17) is 0 Å². The molecule has 0 bridgehead atoms. The van der Waals surface area contributed by atoms with Crippen LogP contribution in [0.4, 0.5) is 0 Å². The minimum atomic E-state index is 0.897. The summed E-state index contributed by atoms with van der Waals surface area (Å²) in [6.45, 7) is 9.57. The van der Waals surface area contributed by atoms with E-state index in [2.05, 4.69) is 27.7 Å². The van der Waals surface area contributed by atoms with Crippen LogP contribution >= 0.6 is 0 Å². The Morgan fingerprint density at radius 1 is 1.08 bits per heavy atom. The third-order valence-corrected chi connectivity index (χ3v) is 4.67. The third-order valence-electron chi connectivity index (χ3n) is 4.67. The quantitative estimate of drug-likeness (QED) is 0.614. The summed E-state index contributed by atoms with van der Waals surface area (Å²) >= 11 is 0. The fourth-order valence-corrected chi connectivity index (χ4v) is 3.09. The third kappa shape index (κ3) is 1.78. The second kappa shape index (κ2) is 3.29. The highest BCUT2D eigenvalue weighted by Crippen LogP contribution is 2.61. The molecule has 0 N–H and O–H groups in total. The van der Waals surface area contributed by atoms with Crippen molar-refractivity contribution in [1.82, 2.24) is 0 Å². The molecule has 5 unspecified atom stereocenters. The molecule has 0 amide bonds. The molecule has 5 atom stereocenters. The average molecular weight is 180 g/mol. The minimum Gasteiger partial charge on any atom is -0.0651 e. The standard InChI is InChI=1S/C13H24/c1-5-10-6-12(10)13-7-11(13)9(4)8(2)3/h8-13H,5-7H2,1-4H3. The molecule has 0 aromatic carbocycles. The molecule has 0 saturated heterocycles. The van der Waals surface area contributed by atoms with Crippen LogP contribution in [0, 0.1) is 35.5 Å². The molecule has 0 aromatic heterocycles. The zero-order valence-corrected chi connectivity index (χ0v) is 9.59. The lowest BCUT2D eigenvalue weighted by Crippen LogP contribution is -2.08. The van der Waals surface area contributed by atoms with Gasteiger partial charge in [-0.05, 0) is 48.3 Å². The summed E-state index contributed by atoms with van der Waals surface area (Å²) in [5.41, 5.74) is 0. The summed E-state index contributed by atoms with van der Waals surface area (Å²) in [6.07, 6.45) is 4.55. The van der Waals surface area contributed by atoms with E-state index >= 15 is 0 Å². The molecule has 0 spiro atoms. The lowest BCUT2D eigenvalue weighted by atomic mass is 9.91. The van der Waals surface area contributed by atoms with Crippen LogP contribution in [-0.4, -0.2) is 0 Å². The molecule has 0 radical (unpaired) electrons. The zero-order chi connectivity index (χ0) is 9.59. The van der Waals surface area contributed by atoms with Crippen molar-refractivity contribution in [1.29, 1.82) is 0 Å². The van der Waals surface area contributed by atoms with Crippen molar-refractivity contribution in [3.8, 4) is 0 Å². The van der Waals surface area contributed by atoms with Crippen molar-refractivity contribution < 1.29 is 0 Å². The first-order chi connectivity index (χ1) is 6.15. The minimum absolute atomic E-state index is 0.897. The van der Waals surface area contributed by atoms with Crippen LogP contribution in [0.1, 0.15) is 47.0 Å². The van der Waals surface area contributed by atoms with Gasteiger partial charge in [0.15, 0.2) is 0 Å². The summed E-state index contributed by atoms with van der Waals surface area (Å²) < 4.78 is 0. The normalized spacial score (nSPS) is 45.0. The van der Waals surface area contributed by atoms with E-state index in [1.54, 1.807) is 12.8 Å². The number of hydrogen-bond donors (Lipinski definition) is 0. The van der Waals surface area contributed by atoms with Crippen molar-refractivity contribution in [3.63, 3.8) is 0 Å². The lowest BCUT2D eigenvalue weighted by molar-refractivity contribution is 0.344. The largest absolute Gasteiger partial charge is 0.0651 e. The Morgan fingerprint density at radius 3 is 2.23 bits per heavy atom. The molecule has 0 heteroatoms. The monoisotopic (exact) mass is 180 g/mol. The van der Waals surface area contributed by atoms with Crippen LogP contribution in [0.15, 0.2) is 0 Å². The first-order valence-electron chi connectivity index (χ1n) is 6.15. The van der Waals surface area contributed by atoms with E-state index in [9.17, 15) is 0 Å². The Balaban J connectivity index is 1.77. The summed E-state index contributed by atoms with van der Waals surface area (Å²) in [7, 11) is 0. The molecule has 0 aromatic rings. The number of hydrogen-bond acceptors (Lipinski definition) is 0. The molecule has 13 heavy (non-hydrogen) atoms. The fraction of sp³-hybridized carbons (Fsp3) is 1.00. The Morgan fingerprint density at radius 2 is 1.77 bits per heavy atom. The second-order valence-corrected chi connectivity index (χ2v) is 5.73. The van der Waals surface area contributed by atoms with Gasteiger partial charge < -0.3 is 0 Å². The van der Waals surface area contributed by atoms with Gasteiger partial charge >= 0.3 is 0 Å². The Labute approximate surface area is 83.1 Å². The highest BCUT2D eigenvalue weighted by molar-refractivity contribution is 5.03. The maximum atomic E-state index is 2.46. The summed E-state index contributed by atoms with van der Waals surface area (Å²) in [4.78, 5) is 0. The van der Waals surface area contributed by atoms with Crippen molar-refractivity contribution >= 4 is 0 Å². The maximum absolute atomic E-state index is 2.46. The van der Waals surface area contributed by atoms with Gasteiger partial charge in [0.2, 0.25) is 0 Å². The van der Waals surface area contributed by atoms with Crippen molar-refractivity contribution in [2.24, 2.45) is 35.5 Å². The molecule has 2 rings (SSSR count). The van der Waals surface area contributed by atoms with E-state index in [1.165, 1.54) is 6.42 Å². The van der Waals surface area contributed by atoms with Crippen LogP contribution in [0.25, 0.3) is 0 Å². The van der Waals surface area contributed by atoms with Gasteiger partial charge in [-0.25, -0.2) is 0 Å². The van der Waals surface area contributed by atoms with Gasteiger partial charge in [-0.15, -0.1) is 0 Å². The average Bonchev–Trinajstić information content (AvgIpc) is 2.96. The van der Waals surface area contributed by atoms with Gasteiger partial charge in [0.25, 0.3) is 0 Å². The molecular formula is C13H24. The van der Waals surface area contributed by atoms with Crippen LogP contribution < -0.4 is 0 Å². The van der Waals surface area contributed by atoms with Gasteiger partial charge in [-0.1, -0.05) is 34.1 Å². The molecule has 0 heterocycles. The van der Waals surface area contributed by atoms with Gasteiger partial charge in [0.05, 0.1) is 0 Å². The topological polar surface area (TPSA) is 0 Å². The molecule has 76 valence electrons. The van der Waals surface area contributed by atoms with E-state index in [-0.39, 0.29) is 0 Å². The first kappa shape index (κ1) is 9.55. The SMILES string of the molecule is CCC1CC1C1CC1C(C)C(C)C. The molecule has 2 aliphatic rings. The van der Waals surface area contributed by atoms with Gasteiger partial charge in [0.1, 0.15) is 0 Å².